The van der Waals surface area contributed by atoms with E-state index >= 15 is 0 Å². The number of aromatic nitrogens is 2. The van der Waals surface area contributed by atoms with E-state index in [4.69, 9.17) is 11.6 Å². The van der Waals surface area contributed by atoms with Gasteiger partial charge >= 0.3 is 0 Å². The van der Waals surface area contributed by atoms with Crippen molar-refractivity contribution in [1.82, 2.24) is 9.97 Å². The molecular formula is C38H34BrClN8NiO6S4. The number of rotatable bonds is 6. The van der Waals surface area contributed by atoms with Crippen LogP contribution in [0.5, 0.6) is 0 Å². The Morgan fingerprint density at radius 1 is 0.627 bits per heavy atom. The van der Waals surface area contributed by atoms with Gasteiger partial charge in [0.15, 0.2) is 0 Å². The topological polar surface area (TPSA) is 190 Å². The van der Waals surface area contributed by atoms with Crippen molar-refractivity contribution in [2.45, 2.75) is 61.2 Å². The van der Waals surface area contributed by atoms with Gasteiger partial charge in [-0.1, -0.05) is 50.2 Å². The van der Waals surface area contributed by atoms with Crippen molar-refractivity contribution in [3.8, 4) is 0 Å². The van der Waals surface area contributed by atoms with E-state index in [2.05, 4.69) is 56.2 Å². The Labute approximate surface area is 371 Å². The van der Waals surface area contributed by atoms with Gasteiger partial charge in [0, 0.05) is 63.5 Å². The molecule has 10 rings (SSSR count). The van der Waals surface area contributed by atoms with Crippen LogP contribution in [-0.4, -0.2) is 62.1 Å². The molecular weight excluding hydrogens is 967 g/mol. The van der Waals surface area contributed by atoms with Crippen LogP contribution in [0.25, 0.3) is 20.4 Å². The van der Waals surface area contributed by atoms with Gasteiger partial charge < -0.3 is 9.80 Å². The van der Waals surface area contributed by atoms with E-state index in [1.165, 1.54) is 22.7 Å². The monoisotopic (exact) mass is 998 g/mol. The first kappa shape index (κ1) is 42.2. The van der Waals surface area contributed by atoms with Crippen LogP contribution in [-0.2, 0) is 62.4 Å². The van der Waals surface area contributed by atoms with Crippen molar-refractivity contribution in [3.05, 3.63) is 80.3 Å². The Kier molecular flexibility index (Phi) is 12.0. The number of azo groups is 2. The summed E-state index contributed by atoms with van der Waals surface area (Å²) >= 11 is 12.1. The van der Waals surface area contributed by atoms with Crippen LogP contribution in [0.1, 0.15) is 47.9 Å². The second-order valence-corrected chi connectivity index (χ2v) is 20.5. The SMILES string of the molecule is O=S(=O)(O)c1c(N=Nc2nc3ccc(Br)cc3s2)cc2c3c1CCCN3CCC2.O=S(=O)(O)c1c(N=Nc2nc3ccc(Cl)cc3s2)cc2c3c1CCCN3CCC2.[Ni]. The first-order valence-electron chi connectivity index (χ1n) is 18.6. The fraction of sp³-hybridized carbons (Fsp3) is 0.316. The largest absolute Gasteiger partial charge is 0.371 e. The van der Waals surface area contributed by atoms with Crippen LogP contribution < -0.4 is 9.80 Å². The fourth-order valence-electron chi connectivity index (χ4n) is 8.40. The molecule has 0 atom stereocenters. The molecule has 0 unspecified atom stereocenters. The molecule has 4 aromatic carbocycles. The zero-order valence-corrected chi connectivity index (χ0v) is 37.5. The Morgan fingerprint density at radius 3 is 1.54 bits per heavy atom. The number of nitrogens with zero attached hydrogens (tertiary/aromatic N) is 8. The molecule has 0 aliphatic carbocycles. The minimum Gasteiger partial charge on any atom is -0.371 e. The van der Waals surface area contributed by atoms with E-state index in [1.807, 2.05) is 18.2 Å². The van der Waals surface area contributed by atoms with Crippen LogP contribution in [0.4, 0.5) is 33.0 Å². The van der Waals surface area contributed by atoms with Gasteiger partial charge in [0.1, 0.15) is 21.2 Å². The van der Waals surface area contributed by atoms with Crippen LogP contribution >= 0.6 is 50.2 Å². The first-order valence-corrected chi connectivity index (χ1v) is 24.3. The predicted molar refractivity (Wildman–Crippen MR) is 231 cm³/mol. The Balaban J connectivity index is 0.000000161. The van der Waals surface area contributed by atoms with Gasteiger partial charge in [0.2, 0.25) is 10.3 Å². The minimum atomic E-state index is -4.45. The average molecular weight is 1000 g/mol. The summed E-state index contributed by atoms with van der Waals surface area (Å²) < 4.78 is 71.7. The van der Waals surface area contributed by atoms with E-state index in [1.54, 1.807) is 30.3 Å². The van der Waals surface area contributed by atoms with Gasteiger partial charge in [-0.25, -0.2) is 9.97 Å². The quantitative estimate of drug-likeness (QED) is 0.0922. The predicted octanol–water partition coefficient (Wildman–Crippen LogP) is 10.7. The first-order chi connectivity index (χ1) is 27.8. The van der Waals surface area contributed by atoms with Crippen LogP contribution in [0.3, 0.4) is 0 Å². The van der Waals surface area contributed by atoms with E-state index in [0.717, 1.165) is 112 Å². The van der Waals surface area contributed by atoms with Gasteiger partial charge in [-0.05, 0) is 122 Å². The molecule has 59 heavy (non-hydrogen) atoms. The summed E-state index contributed by atoms with van der Waals surface area (Å²) in [6, 6.07) is 14.6. The summed E-state index contributed by atoms with van der Waals surface area (Å²) in [5.74, 6) is 0. The molecule has 21 heteroatoms. The summed E-state index contributed by atoms with van der Waals surface area (Å²) in [5, 5.41) is 18.3. The normalized spacial score (nSPS) is 16.3. The molecule has 0 radical (unpaired) electrons. The molecule has 4 aliphatic rings. The number of benzene rings is 4. The summed E-state index contributed by atoms with van der Waals surface area (Å²) in [4.78, 5) is 13.0. The minimum absolute atomic E-state index is 0. The Hall–Kier alpha value is -3.46. The van der Waals surface area contributed by atoms with Crippen LogP contribution in [0.15, 0.2) is 83.3 Å². The molecule has 6 aromatic rings. The van der Waals surface area contributed by atoms with E-state index in [0.29, 0.717) is 39.3 Å². The summed E-state index contributed by atoms with van der Waals surface area (Å²) in [5.41, 5.74) is 7.26. The second kappa shape index (κ2) is 16.8. The van der Waals surface area contributed by atoms with Crippen molar-refractivity contribution in [3.63, 3.8) is 0 Å². The number of hydrogen-bond acceptors (Lipinski definition) is 14. The number of anilines is 2. The van der Waals surface area contributed by atoms with Crippen LogP contribution in [0.2, 0.25) is 5.02 Å². The molecule has 0 spiro atoms. The van der Waals surface area contributed by atoms with E-state index < -0.39 is 20.2 Å². The molecule has 0 fully saturated rings. The number of halogens is 2. The van der Waals surface area contributed by atoms with Gasteiger partial charge in [0.05, 0.1) is 20.4 Å². The Morgan fingerprint density at radius 2 is 1.07 bits per heavy atom. The number of aryl methyl sites for hydroxylation is 2. The van der Waals surface area contributed by atoms with Gasteiger partial charge in [-0.15, -0.1) is 20.5 Å². The van der Waals surface area contributed by atoms with Gasteiger partial charge in [0.25, 0.3) is 20.2 Å². The molecule has 0 amide bonds. The van der Waals surface area contributed by atoms with Gasteiger partial charge in [-0.3, -0.25) is 9.11 Å². The molecule has 0 saturated carbocycles. The molecule has 14 nitrogen and oxygen atoms in total. The smallest absolute Gasteiger partial charge is 0.297 e. The molecule has 310 valence electrons. The van der Waals surface area contributed by atoms with E-state index in [9.17, 15) is 25.9 Å². The number of thiazole rings is 2. The Bertz CT molecular complexity index is 2740. The second-order valence-electron chi connectivity index (χ2n) is 14.4. The van der Waals surface area contributed by atoms with Crippen LogP contribution in [0, 0.1) is 0 Å². The van der Waals surface area contributed by atoms with E-state index in [-0.39, 0.29) is 37.7 Å². The number of fused-ring (bicyclic) bond motifs is 2. The zero-order valence-electron chi connectivity index (χ0n) is 30.9. The fourth-order valence-corrected chi connectivity index (χ4v) is 12.6. The third kappa shape index (κ3) is 8.57. The third-order valence-corrected chi connectivity index (χ3v) is 15.1. The average Bonchev–Trinajstić information content (AvgIpc) is 3.78. The van der Waals surface area contributed by atoms with Crippen molar-refractivity contribution in [2.24, 2.45) is 20.5 Å². The molecule has 2 N–H and O–H groups in total. The maximum absolute atomic E-state index is 12.3. The standard InChI is InChI=1S/C19H17BrN4O3S2.C19H17ClN4O3S2.Ni/c2*20-12-5-6-14-16(10-12)28-19(21-14)23-22-15-9-11-3-1-7-24-8-2-4-13(17(11)24)18(15)29(25,26)27;/h2*5-6,9-10H,1-4,7-8H2,(H,25,26,27);. The molecule has 0 bridgehead atoms. The van der Waals surface area contributed by atoms with Crippen molar-refractivity contribution in [2.75, 3.05) is 36.0 Å². The molecule has 2 aromatic heterocycles. The maximum Gasteiger partial charge on any atom is 0.297 e. The maximum atomic E-state index is 12.3. The van der Waals surface area contributed by atoms with Crippen molar-refractivity contribution in [1.29, 1.82) is 0 Å². The third-order valence-electron chi connectivity index (χ3n) is 10.6. The molecule has 4 aliphatic heterocycles. The molecule has 0 saturated heterocycles. The van der Waals surface area contributed by atoms with Crippen molar-refractivity contribution < 1.29 is 42.4 Å². The van der Waals surface area contributed by atoms with Crippen molar-refractivity contribution >= 4 is 124 Å². The number of hydrogen-bond donors (Lipinski definition) is 2. The zero-order chi connectivity index (χ0) is 40.3. The molecule has 6 heterocycles. The summed E-state index contributed by atoms with van der Waals surface area (Å²) in [6.45, 7) is 3.63. The summed E-state index contributed by atoms with van der Waals surface area (Å²) in [6.07, 6.45) is 6.63. The van der Waals surface area contributed by atoms with Gasteiger partial charge in [-0.2, -0.15) is 16.8 Å². The summed E-state index contributed by atoms with van der Waals surface area (Å²) in [7, 11) is -8.89.